The van der Waals surface area contributed by atoms with Crippen LogP contribution in [-0.2, 0) is 39.8 Å². The van der Waals surface area contributed by atoms with Crippen LogP contribution in [0.15, 0.2) is 23.3 Å². The molecular weight excluding hydrogens is 536 g/mol. The fourth-order valence-electron chi connectivity index (χ4n) is 8.97. The first-order valence-electron chi connectivity index (χ1n) is 15.4. The Bertz CT molecular complexity index is 1310. The summed E-state index contributed by atoms with van der Waals surface area (Å²) in [4.78, 5) is 47.9. The molecule has 0 unspecified atom stereocenters. The average Bonchev–Trinajstić information content (AvgIpc) is 3.26. The summed E-state index contributed by atoms with van der Waals surface area (Å²) in [6, 6.07) is 4.14. The number of esters is 4. The lowest BCUT2D eigenvalue weighted by Crippen LogP contribution is -2.48. The second kappa shape index (κ2) is 11.8. The van der Waals surface area contributed by atoms with E-state index >= 15 is 0 Å². The summed E-state index contributed by atoms with van der Waals surface area (Å²) in [6.07, 6.45) is 6.45. The van der Waals surface area contributed by atoms with Crippen LogP contribution in [0.3, 0.4) is 0 Å². The maximum absolute atomic E-state index is 13.1. The molecular formula is C34H44O8. The van der Waals surface area contributed by atoms with Crippen molar-refractivity contribution >= 4 is 23.9 Å². The van der Waals surface area contributed by atoms with Gasteiger partial charge in [-0.15, -0.1) is 0 Å². The summed E-state index contributed by atoms with van der Waals surface area (Å²) in [7, 11) is 0. The molecule has 4 aliphatic rings. The number of ether oxygens (including phenoxy) is 4. The molecule has 7 atom stereocenters. The second-order valence-electron chi connectivity index (χ2n) is 13.1. The zero-order chi connectivity index (χ0) is 30.3. The Balaban J connectivity index is 1.39. The number of cyclic esters (lactones) is 1. The van der Waals surface area contributed by atoms with Crippen LogP contribution in [0, 0.1) is 36.0 Å². The number of fused-ring (bicyclic) bond motifs is 5. The lowest BCUT2D eigenvalue weighted by Gasteiger charge is -2.53. The number of hydrogen-bond donors (Lipinski definition) is 0. The van der Waals surface area contributed by atoms with Crippen LogP contribution in [0.5, 0.6) is 5.75 Å². The summed E-state index contributed by atoms with van der Waals surface area (Å²) >= 11 is 0. The summed E-state index contributed by atoms with van der Waals surface area (Å²) in [5.74, 6) is 0.838. The molecule has 1 heterocycles. The molecule has 5 rings (SSSR count). The van der Waals surface area contributed by atoms with E-state index in [-0.39, 0.29) is 42.4 Å². The van der Waals surface area contributed by atoms with E-state index < -0.39 is 18.0 Å². The van der Waals surface area contributed by atoms with Gasteiger partial charge >= 0.3 is 23.9 Å². The standard InChI is InChI=1S/C34H44O8/c1-18-15-32(42-33(38)27(18)16-39-20(3)35)28(17-40-21(4)36)30-11-10-29-26-8-7-23-19(2)31(41-22(5)37)12-9-24(23)25(26)13-14-34(29,30)6/h9,12,25-26,28-30,32H,7-8,10-11,13-17H2,1-6H3/t25-,26-,28+,29+,30-,32-,34+/m1/s1. The van der Waals surface area contributed by atoms with Crippen molar-refractivity contribution in [3.8, 4) is 5.75 Å². The van der Waals surface area contributed by atoms with E-state index in [9.17, 15) is 19.2 Å². The minimum absolute atomic E-state index is 0.0399. The van der Waals surface area contributed by atoms with E-state index in [4.69, 9.17) is 18.9 Å². The molecule has 8 heteroatoms. The highest BCUT2D eigenvalue weighted by Gasteiger charge is 2.58. The Morgan fingerprint density at radius 3 is 2.40 bits per heavy atom. The average molecular weight is 581 g/mol. The highest BCUT2D eigenvalue weighted by atomic mass is 16.6. The van der Waals surface area contributed by atoms with E-state index in [1.807, 2.05) is 13.0 Å². The Hall–Kier alpha value is -3.16. The molecule has 1 aromatic carbocycles. The van der Waals surface area contributed by atoms with Crippen LogP contribution in [0.25, 0.3) is 0 Å². The van der Waals surface area contributed by atoms with Gasteiger partial charge in [0.25, 0.3) is 0 Å². The van der Waals surface area contributed by atoms with Gasteiger partial charge in [0, 0.05) is 33.1 Å². The Kier molecular flexibility index (Phi) is 8.55. The first kappa shape index (κ1) is 30.3. The Morgan fingerprint density at radius 2 is 1.74 bits per heavy atom. The second-order valence-corrected chi connectivity index (χ2v) is 13.1. The fraction of sp³-hybridized carbons (Fsp3) is 0.647. The van der Waals surface area contributed by atoms with Gasteiger partial charge in [0.15, 0.2) is 0 Å². The maximum Gasteiger partial charge on any atom is 0.337 e. The van der Waals surface area contributed by atoms with Crippen molar-refractivity contribution < 1.29 is 38.1 Å². The fourth-order valence-corrected chi connectivity index (χ4v) is 8.97. The highest BCUT2D eigenvalue weighted by molar-refractivity contribution is 5.91. The first-order valence-corrected chi connectivity index (χ1v) is 15.4. The van der Waals surface area contributed by atoms with E-state index in [1.54, 1.807) is 0 Å². The zero-order valence-electron chi connectivity index (χ0n) is 25.7. The maximum atomic E-state index is 13.1. The van der Waals surface area contributed by atoms with Gasteiger partial charge < -0.3 is 18.9 Å². The molecule has 42 heavy (non-hydrogen) atoms. The third-order valence-electron chi connectivity index (χ3n) is 10.9. The number of carbonyl (C=O) groups excluding carboxylic acids is 4. The lowest BCUT2D eigenvalue weighted by molar-refractivity contribution is -0.159. The van der Waals surface area contributed by atoms with Crippen LogP contribution >= 0.6 is 0 Å². The van der Waals surface area contributed by atoms with Crippen molar-refractivity contribution in [2.45, 2.75) is 98.5 Å². The first-order chi connectivity index (χ1) is 19.9. The Morgan fingerprint density at radius 1 is 1.00 bits per heavy atom. The quantitative estimate of drug-likeness (QED) is 0.228. The van der Waals surface area contributed by atoms with Crippen LogP contribution in [0.2, 0.25) is 0 Å². The summed E-state index contributed by atoms with van der Waals surface area (Å²) in [6.45, 7) is 10.7. The third-order valence-corrected chi connectivity index (χ3v) is 10.9. The molecule has 8 nitrogen and oxygen atoms in total. The number of hydrogen-bond acceptors (Lipinski definition) is 8. The molecule has 2 saturated carbocycles. The van der Waals surface area contributed by atoms with Crippen molar-refractivity contribution in [1.29, 1.82) is 0 Å². The van der Waals surface area contributed by atoms with Crippen molar-refractivity contribution in [3.05, 3.63) is 40.0 Å². The van der Waals surface area contributed by atoms with Crippen LogP contribution in [0.4, 0.5) is 0 Å². The SMILES string of the molecule is CC(=O)OCC1=C(C)C[C@H]([C@@H](COC(C)=O)[C@H]2CC[C@H]3[C@@H]4CCc5c(ccc(OC(C)=O)c5C)[C@H]4CC[C@]23C)OC1=O. The third kappa shape index (κ3) is 5.61. The topological polar surface area (TPSA) is 105 Å². The van der Waals surface area contributed by atoms with Gasteiger partial charge in [-0.25, -0.2) is 4.79 Å². The molecule has 228 valence electrons. The zero-order valence-corrected chi connectivity index (χ0v) is 25.7. The molecule has 1 aliphatic heterocycles. The van der Waals surface area contributed by atoms with Gasteiger partial charge in [0.2, 0.25) is 0 Å². The van der Waals surface area contributed by atoms with Crippen molar-refractivity contribution in [3.63, 3.8) is 0 Å². The Labute approximate surface area is 248 Å². The molecule has 0 amide bonds. The van der Waals surface area contributed by atoms with Crippen LogP contribution in [-0.4, -0.2) is 43.2 Å². The number of rotatable bonds is 7. The minimum atomic E-state index is -0.450. The summed E-state index contributed by atoms with van der Waals surface area (Å²) in [5, 5.41) is 0. The minimum Gasteiger partial charge on any atom is -0.465 e. The molecule has 0 spiro atoms. The van der Waals surface area contributed by atoms with Crippen molar-refractivity contribution in [2.75, 3.05) is 13.2 Å². The normalized spacial score (nSPS) is 30.8. The molecule has 0 aromatic heterocycles. The van der Waals surface area contributed by atoms with Crippen molar-refractivity contribution in [2.24, 2.45) is 29.1 Å². The molecule has 2 fully saturated rings. The van der Waals surface area contributed by atoms with E-state index in [0.29, 0.717) is 35.5 Å². The number of benzene rings is 1. The lowest BCUT2D eigenvalue weighted by atomic mass is 9.52. The predicted octanol–water partition coefficient (Wildman–Crippen LogP) is 5.77. The molecule has 3 aliphatic carbocycles. The number of carbonyl (C=O) groups is 4. The van der Waals surface area contributed by atoms with Crippen molar-refractivity contribution in [1.82, 2.24) is 0 Å². The van der Waals surface area contributed by atoms with Crippen LogP contribution < -0.4 is 4.74 Å². The largest absolute Gasteiger partial charge is 0.465 e. The van der Waals surface area contributed by atoms with Gasteiger partial charge in [0.1, 0.15) is 18.5 Å². The molecule has 0 radical (unpaired) electrons. The molecule has 0 saturated heterocycles. The van der Waals surface area contributed by atoms with E-state index in [1.165, 1.54) is 31.9 Å². The van der Waals surface area contributed by atoms with Gasteiger partial charge in [-0.1, -0.05) is 18.6 Å². The van der Waals surface area contributed by atoms with E-state index in [2.05, 4.69) is 19.9 Å². The molecule has 0 bridgehead atoms. The van der Waals surface area contributed by atoms with Gasteiger partial charge in [0.05, 0.1) is 12.2 Å². The molecule has 1 aromatic rings. The van der Waals surface area contributed by atoms with Crippen LogP contribution in [0.1, 0.15) is 95.8 Å². The molecule has 0 N–H and O–H groups in total. The van der Waals surface area contributed by atoms with Gasteiger partial charge in [-0.3, -0.25) is 14.4 Å². The predicted molar refractivity (Wildman–Crippen MR) is 155 cm³/mol. The summed E-state index contributed by atoms with van der Waals surface area (Å²) < 4.78 is 22.2. The smallest absolute Gasteiger partial charge is 0.337 e. The van der Waals surface area contributed by atoms with Gasteiger partial charge in [-0.2, -0.15) is 0 Å². The highest BCUT2D eigenvalue weighted by Crippen LogP contribution is 2.65. The van der Waals surface area contributed by atoms with E-state index in [0.717, 1.165) is 49.7 Å². The monoisotopic (exact) mass is 580 g/mol. The van der Waals surface area contributed by atoms with Gasteiger partial charge in [-0.05, 0) is 104 Å². The summed E-state index contributed by atoms with van der Waals surface area (Å²) in [5.41, 5.74) is 5.12.